The van der Waals surface area contributed by atoms with Crippen molar-refractivity contribution in [1.29, 1.82) is 0 Å². The first-order chi connectivity index (χ1) is 9.31. The summed E-state index contributed by atoms with van der Waals surface area (Å²) in [4.78, 5) is 2.77. The summed E-state index contributed by atoms with van der Waals surface area (Å²) < 4.78 is 29.2. The molecule has 0 unspecified atom stereocenters. The average Bonchev–Trinajstić information content (AvgIpc) is 2.80. The molecule has 0 aromatic rings. The van der Waals surface area contributed by atoms with Gasteiger partial charge in [-0.1, -0.05) is 5.11 Å². The highest BCUT2D eigenvalue weighted by atomic mass is 16.9. The third-order valence-corrected chi connectivity index (χ3v) is 3.58. The molecule has 0 bridgehead atoms. The van der Waals surface area contributed by atoms with E-state index in [2.05, 4.69) is 10.0 Å². The Labute approximate surface area is 116 Å². The third kappa shape index (κ3) is 2.39. The van der Waals surface area contributed by atoms with Crippen molar-refractivity contribution in [3.63, 3.8) is 0 Å². The van der Waals surface area contributed by atoms with Crippen LogP contribution in [0.4, 0.5) is 0 Å². The number of hydrogen-bond acceptors (Lipinski definition) is 6. The van der Waals surface area contributed by atoms with Gasteiger partial charge in [0.15, 0.2) is 17.9 Å². The lowest BCUT2D eigenvalue weighted by molar-refractivity contribution is -0.231. The molecule has 0 aliphatic carbocycles. The Bertz CT molecular complexity index is 448. The van der Waals surface area contributed by atoms with Gasteiger partial charge in [0.2, 0.25) is 0 Å². The molecule has 3 fully saturated rings. The lowest BCUT2D eigenvalue weighted by Gasteiger charge is -2.36. The highest BCUT2D eigenvalue weighted by molar-refractivity contribution is 5.00. The van der Waals surface area contributed by atoms with Gasteiger partial charge in [-0.3, -0.25) is 0 Å². The Balaban J connectivity index is 1.85. The van der Waals surface area contributed by atoms with Crippen molar-refractivity contribution in [2.75, 3.05) is 6.54 Å². The largest absolute Gasteiger partial charge is 0.344 e. The Morgan fingerprint density at radius 1 is 0.950 bits per heavy atom. The second-order valence-electron chi connectivity index (χ2n) is 6.12. The van der Waals surface area contributed by atoms with E-state index in [0.717, 1.165) is 0 Å². The third-order valence-electron chi connectivity index (χ3n) is 3.58. The molecule has 0 aromatic carbocycles. The Morgan fingerprint density at radius 3 is 2.25 bits per heavy atom. The van der Waals surface area contributed by atoms with E-state index in [9.17, 15) is 0 Å². The molecule has 3 aliphatic rings. The number of nitrogens with zero attached hydrogens (tertiary/aromatic N) is 3. The van der Waals surface area contributed by atoms with Gasteiger partial charge in [-0.2, -0.15) is 0 Å². The fourth-order valence-electron chi connectivity index (χ4n) is 2.96. The zero-order valence-electron chi connectivity index (χ0n) is 12.0. The number of azide groups is 1. The van der Waals surface area contributed by atoms with Gasteiger partial charge in [0, 0.05) is 4.91 Å². The summed E-state index contributed by atoms with van der Waals surface area (Å²) in [5, 5.41) is 3.58. The van der Waals surface area contributed by atoms with Gasteiger partial charge >= 0.3 is 0 Å². The maximum Gasteiger partial charge on any atom is 0.190 e. The van der Waals surface area contributed by atoms with Crippen LogP contribution in [0.15, 0.2) is 5.11 Å². The second kappa shape index (κ2) is 4.56. The molecule has 5 atom stereocenters. The van der Waals surface area contributed by atoms with Crippen LogP contribution >= 0.6 is 0 Å². The van der Waals surface area contributed by atoms with Gasteiger partial charge < -0.3 is 23.7 Å². The second-order valence-corrected chi connectivity index (χ2v) is 6.12. The molecule has 3 heterocycles. The first kappa shape index (κ1) is 14.1. The molecule has 8 nitrogen and oxygen atoms in total. The molecular formula is C12H19N3O5. The predicted molar refractivity (Wildman–Crippen MR) is 66.5 cm³/mol. The molecule has 0 N–H and O–H groups in total. The first-order valence-electron chi connectivity index (χ1n) is 6.69. The summed E-state index contributed by atoms with van der Waals surface area (Å²) in [5.41, 5.74) is 8.49. The average molecular weight is 285 g/mol. The molecule has 112 valence electrons. The van der Waals surface area contributed by atoms with Crippen molar-refractivity contribution >= 4 is 0 Å². The summed E-state index contributed by atoms with van der Waals surface area (Å²) in [7, 11) is 0. The van der Waals surface area contributed by atoms with Gasteiger partial charge in [-0.25, -0.2) is 0 Å². The van der Waals surface area contributed by atoms with Crippen molar-refractivity contribution in [3.8, 4) is 0 Å². The molecular weight excluding hydrogens is 266 g/mol. The van der Waals surface area contributed by atoms with E-state index in [-0.39, 0.29) is 24.9 Å². The Kier molecular flexibility index (Phi) is 3.20. The minimum Gasteiger partial charge on any atom is -0.344 e. The number of ether oxygens (including phenoxy) is 5. The monoisotopic (exact) mass is 285 g/mol. The van der Waals surface area contributed by atoms with E-state index in [1.807, 2.05) is 27.7 Å². The van der Waals surface area contributed by atoms with Crippen LogP contribution in [-0.4, -0.2) is 48.8 Å². The van der Waals surface area contributed by atoms with Crippen LogP contribution in [0.2, 0.25) is 0 Å². The minimum atomic E-state index is -0.733. The molecule has 0 spiro atoms. The van der Waals surface area contributed by atoms with Crippen molar-refractivity contribution in [2.45, 2.75) is 70.0 Å². The lowest BCUT2D eigenvalue weighted by atomic mass is 9.99. The van der Waals surface area contributed by atoms with Crippen molar-refractivity contribution in [1.82, 2.24) is 0 Å². The predicted octanol–water partition coefficient (Wildman–Crippen LogP) is 1.69. The van der Waals surface area contributed by atoms with Gasteiger partial charge in [-0.05, 0) is 33.2 Å². The maximum absolute atomic E-state index is 8.49. The molecule has 0 amide bonds. The first-order valence-corrected chi connectivity index (χ1v) is 6.69. The van der Waals surface area contributed by atoms with Gasteiger partial charge in [0.1, 0.15) is 18.3 Å². The number of fused-ring (bicyclic) bond motifs is 3. The molecule has 3 rings (SSSR count). The number of rotatable bonds is 2. The molecule has 3 aliphatic heterocycles. The van der Waals surface area contributed by atoms with Crippen LogP contribution in [0.1, 0.15) is 27.7 Å². The van der Waals surface area contributed by atoms with Crippen molar-refractivity contribution in [2.24, 2.45) is 5.11 Å². The van der Waals surface area contributed by atoms with E-state index in [1.165, 1.54) is 0 Å². The quantitative estimate of drug-likeness (QED) is 0.437. The summed E-state index contributed by atoms with van der Waals surface area (Å²) in [6.07, 6.45) is -1.93. The minimum absolute atomic E-state index is 0.171. The summed E-state index contributed by atoms with van der Waals surface area (Å²) in [6.45, 7) is 7.50. The fourth-order valence-corrected chi connectivity index (χ4v) is 2.96. The lowest BCUT2D eigenvalue weighted by Crippen LogP contribution is -2.55. The van der Waals surface area contributed by atoms with Crippen LogP contribution in [-0.2, 0) is 23.7 Å². The van der Waals surface area contributed by atoms with Crippen molar-refractivity contribution in [3.05, 3.63) is 10.4 Å². The van der Waals surface area contributed by atoms with Crippen LogP contribution < -0.4 is 0 Å². The zero-order valence-corrected chi connectivity index (χ0v) is 12.0. The fraction of sp³-hybridized carbons (Fsp3) is 1.00. The SMILES string of the molecule is CC1(C)O[C@@H]2O[C@H](CN=[N+]=[N-])[C@@H]3OC(C)(C)O[C@H]3[C@@H]2O1. The summed E-state index contributed by atoms with van der Waals surface area (Å²) in [6, 6.07) is 0. The molecule has 3 saturated heterocycles. The normalized spacial score (nSPS) is 44.5. The van der Waals surface area contributed by atoms with Crippen molar-refractivity contribution < 1.29 is 23.7 Å². The molecule has 20 heavy (non-hydrogen) atoms. The Morgan fingerprint density at radius 2 is 1.55 bits per heavy atom. The van der Waals surface area contributed by atoms with Crippen LogP contribution in [0.5, 0.6) is 0 Å². The van der Waals surface area contributed by atoms with Gasteiger partial charge in [0.05, 0.1) is 12.6 Å². The molecule has 0 aromatic heterocycles. The smallest absolute Gasteiger partial charge is 0.190 e. The highest BCUT2D eigenvalue weighted by Gasteiger charge is 2.60. The Hall–Kier alpha value is -0.890. The summed E-state index contributed by atoms with van der Waals surface area (Å²) in [5.74, 6) is -1.46. The van der Waals surface area contributed by atoms with Gasteiger partial charge in [0.25, 0.3) is 0 Å². The van der Waals surface area contributed by atoms with E-state index in [4.69, 9.17) is 29.2 Å². The molecule has 0 saturated carbocycles. The molecule has 0 radical (unpaired) electrons. The van der Waals surface area contributed by atoms with Crippen LogP contribution in [0.25, 0.3) is 10.4 Å². The van der Waals surface area contributed by atoms with E-state index < -0.39 is 24.0 Å². The van der Waals surface area contributed by atoms with E-state index in [0.29, 0.717) is 0 Å². The van der Waals surface area contributed by atoms with E-state index in [1.54, 1.807) is 0 Å². The standard InChI is InChI=1S/C12H19N3O5/c1-11(2)17-7-6(5-14-15-13)16-10-9(8(7)18-11)19-12(3,4)20-10/h6-10H,5H2,1-4H3/t6-,7+,8-,9+,10+/m1/s1. The van der Waals surface area contributed by atoms with Gasteiger partial charge in [-0.15, -0.1) is 0 Å². The zero-order chi connectivity index (χ0) is 14.5. The van der Waals surface area contributed by atoms with Crippen LogP contribution in [0, 0.1) is 0 Å². The van der Waals surface area contributed by atoms with Crippen LogP contribution in [0.3, 0.4) is 0 Å². The summed E-state index contributed by atoms with van der Waals surface area (Å²) >= 11 is 0. The topological polar surface area (TPSA) is 94.9 Å². The maximum atomic E-state index is 8.49. The van der Waals surface area contributed by atoms with E-state index >= 15 is 0 Å². The number of hydrogen-bond donors (Lipinski definition) is 0. The molecule has 8 heteroatoms. The highest BCUT2D eigenvalue weighted by Crippen LogP contribution is 2.44.